The zero-order chi connectivity index (χ0) is 8.97. The number of rotatable bonds is 3. The van der Waals surface area contributed by atoms with Gasteiger partial charge in [0.05, 0.1) is 6.54 Å². The van der Waals surface area contributed by atoms with Crippen LogP contribution in [0.15, 0.2) is 4.99 Å². The number of alkyl halides is 2. The maximum absolute atomic E-state index is 11.7. The van der Waals surface area contributed by atoms with Gasteiger partial charge in [-0.05, 0) is 0 Å². The van der Waals surface area contributed by atoms with E-state index in [-0.39, 0.29) is 6.42 Å². The molecule has 0 saturated heterocycles. The lowest BCUT2D eigenvalue weighted by molar-refractivity contribution is 0.139. The van der Waals surface area contributed by atoms with Crippen LogP contribution < -0.4 is 5.32 Å². The predicted octanol–water partition coefficient (Wildman–Crippen LogP) is 0.533. The summed E-state index contributed by atoms with van der Waals surface area (Å²) in [6.45, 7) is 1.92. The Bertz CT molecular complexity index is 170. The van der Waals surface area contributed by atoms with Gasteiger partial charge in [0.2, 0.25) is 6.43 Å². The van der Waals surface area contributed by atoms with Crippen molar-refractivity contribution in [2.75, 3.05) is 26.7 Å². The number of nitrogens with one attached hydrogen (secondary N) is 1. The molecule has 70 valence electrons. The largest absolute Gasteiger partial charge is 0.356 e. The molecule has 0 aromatic carbocycles. The molecule has 0 aromatic heterocycles. The zero-order valence-corrected chi connectivity index (χ0v) is 7.06. The van der Waals surface area contributed by atoms with Crippen LogP contribution in [0.5, 0.6) is 0 Å². The second kappa shape index (κ2) is 4.23. The standard InChI is InChI=1S/C7H13F2N3/c1-12-5-4-11-7(12)10-3-2-6(8)9/h6H,2-5H2,1H3,(H,10,11). The van der Waals surface area contributed by atoms with Crippen LogP contribution >= 0.6 is 0 Å². The van der Waals surface area contributed by atoms with Gasteiger partial charge in [0.15, 0.2) is 5.96 Å². The lowest BCUT2D eigenvalue weighted by Gasteiger charge is -2.14. The molecule has 1 rings (SSSR count). The summed E-state index contributed by atoms with van der Waals surface area (Å²) in [6.07, 6.45) is -2.35. The first-order valence-electron chi connectivity index (χ1n) is 3.98. The fraction of sp³-hybridized carbons (Fsp3) is 0.857. The molecule has 0 saturated carbocycles. The van der Waals surface area contributed by atoms with Gasteiger partial charge in [-0.25, -0.2) is 8.78 Å². The summed E-state index contributed by atoms with van der Waals surface area (Å²) in [6, 6.07) is 0. The summed E-state index contributed by atoms with van der Waals surface area (Å²) < 4.78 is 23.4. The summed E-state index contributed by atoms with van der Waals surface area (Å²) in [5.74, 6) is 0.732. The lowest BCUT2D eigenvalue weighted by Crippen LogP contribution is -2.36. The number of aliphatic imine (C=N–C) groups is 1. The highest BCUT2D eigenvalue weighted by Crippen LogP contribution is 1.98. The summed E-state index contributed by atoms with van der Waals surface area (Å²) in [7, 11) is 1.89. The van der Waals surface area contributed by atoms with Gasteiger partial charge in [0.1, 0.15) is 0 Å². The molecule has 0 spiro atoms. The average Bonchev–Trinajstić information content (AvgIpc) is 2.36. The van der Waals surface area contributed by atoms with Crippen molar-refractivity contribution in [3.63, 3.8) is 0 Å². The van der Waals surface area contributed by atoms with Crippen molar-refractivity contribution in [2.24, 2.45) is 4.99 Å². The molecule has 1 N–H and O–H groups in total. The maximum Gasteiger partial charge on any atom is 0.240 e. The second-order valence-corrected chi connectivity index (χ2v) is 2.73. The predicted molar refractivity (Wildman–Crippen MR) is 43.6 cm³/mol. The van der Waals surface area contributed by atoms with Crippen LogP contribution in [0.3, 0.4) is 0 Å². The topological polar surface area (TPSA) is 27.6 Å². The number of likely N-dealkylation sites (N-methyl/N-ethyl adjacent to an activating group) is 1. The summed E-state index contributed by atoms with van der Waals surface area (Å²) in [4.78, 5) is 6.02. The van der Waals surface area contributed by atoms with Gasteiger partial charge in [-0.3, -0.25) is 4.99 Å². The summed E-state index contributed by atoms with van der Waals surface area (Å²) in [5, 5.41) is 2.86. The van der Waals surface area contributed by atoms with Crippen LogP contribution in [0, 0.1) is 0 Å². The van der Waals surface area contributed by atoms with E-state index >= 15 is 0 Å². The Morgan fingerprint density at radius 3 is 2.92 bits per heavy atom. The third-order valence-electron chi connectivity index (χ3n) is 1.70. The third kappa shape index (κ3) is 2.64. The molecule has 0 aliphatic carbocycles. The van der Waals surface area contributed by atoms with Crippen molar-refractivity contribution in [2.45, 2.75) is 12.8 Å². The van der Waals surface area contributed by atoms with Crippen molar-refractivity contribution in [1.29, 1.82) is 0 Å². The quantitative estimate of drug-likeness (QED) is 0.681. The Hall–Kier alpha value is -0.870. The van der Waals surface area contributed by atoms with Crippen LogP contribution in [-0.4, -0.2) is 44.0 Å². The molecule has 1 aliphatic rings. The van der Waals surface area contributed by atoms with Crippen LogP contribution in [0.25, 0.3) is 0 Å². The molecule has 0 fully saturated rings. The minimum absolute atomic E-state index is 0.118. The normalized spacial score (nSPS) is 17.0. The molecule has 0 aromatic rings. The van der Waals surface area contributed by atoms with E-state index in [4.69, 9.17) is 0 Å². The highest BCUT2D eigenvalue weighted by atomic mass is 19.3. The smallest absolute Gasteiger partial charge is 0.240 e. The molecule has 0 radical (unpaired) electrons. The fourth-order valence-electron chi connectivity index (χ4n) is 1.02. The molecule has 3 nitrogen and oxygen atoms in total. The first-order chi connectivity index (χ1) is 5.70. The zero-order valence-electron chi connectivity index (χ0n) is 7.06. The van der Waals surface area contributed by atoms with Gasteiger partial charge in [-0.2, -0.15) is 0 Å². The number of halogens is 2. The average molecular weight is 177 g/mol. The Kier molecular flexibility index (Phi) is 3.25. The Morgan fingerprint density at radius 1 is 1.67 bits per heavy atom. The van der Waals surface area contributed by atoms with Gasteiger partial charge in [-0.15, -0.1) is 0 Å². The third-order valence-corrected chi connectivity index (χ3v) is 1.70. The van der Waals surface area contributed by atoms with E-state index in [1.165, 1.54) is 0 Å². The minimum Gasteiger partial charge on any atom is -0.356 e. The highest BCUT2D eigenvalue weighted by Gasteiger charge is 2.11. The number of hydrogen-bond acceptors (Lipinski definition) is 3. The molecule has 0 unspecified atom stereocenters. The van der Waals surface area contributed by atoms with E-state index in [1.807, 2.05) is 11.9 Å². The summed E-state index contributed by atoms with van der Waals surface area (Å²) >= 11 is 0. The molecule has 1 aliphatic heterocycles. The van der Waals surface area contributed by atoms with Crippen molar-refractivity contribution in [3.05, 3.63) is 0 Å². The number of hydrogen-bond donors (Lipinski definition) is 1. The lowest BCUT2D eigenvalue weighted by atomic mass is 10.4. The van der Waals surface area contributed by atoms with Crippen LogP contribution in [0.2, 0.25) is 0 Å². The number of nitrogens with zero attached hydrogens (tertiary/aromatic N) is 2. The van der Waals surface area contributed by atoms with E-state index in [0.717, 1.165) is 19.0 Å². The second-order valence-electron chi connectivity index (χ2n) is 2.73. The van der Waals surface area contributed by atoms with Crippen molar-refractivity contribution < 1.29 is 8.78 Å². The van der Waals surface area contributed by atoms with E-state index in [9.17, 15) is 8.78 Å². The Labute approximate surface area is 70.5 Å². The summed E-state index contributed by atoms with van der Waals surface area (Å²) in [5.41, 5.74) is 0. The Morgan fingerprint density at radius 2 is 2.42 bits per heavy atom. The van der Waals surface area contributed by atoms with Gasteiger partial charge >= 0.3 is 0 Å². The molecule has 0 atom stereocenters. The molecule has 5 heteroatoms. The number of guanidine groups is 1. The van der Waals surface area contributed by atoms with Gasteiger partial charge in [0, 0.05) is 26.6 Å². The van der Waals surface area contributed by atoms with E-state index in [1.54, 1.807) is 0 Å². The molecular weight excluding hydrogens is 164 g/mol. The van der Waals surface area contributed by atoms with Crippen LogP contribution in [0.4, 0.5) is 8.78 Å². The van der Waals surface area contributed by atoms with E-state index in [2.05, 4.69) is 10.3 Å². The fourth-order valence-corrected chi connectivity index (χ4v) is 1.02. The first-order valence-corrected chi connectivity index (χ1v) is 3.98. The van der Waals surface area contributed by atoms with Gasteiger partial charge in [-0.1, -0.05) is 0 Å². The van der Waals surface area contributed by atoms with Gasteiger partial charge in [0.25, 0.3) is 0 Å². The van der Waals surface area contributed by atoms with Crippen molar-refractivity contribution >= 4 is 5.96 Å². The van der Waals surface area contributed by atoms with E-state index < -0.39 is 6.43 Å². The van der Waals surface area contributed by atoms with E-state index in [0.29, 0.717) is 6.54 Å². The van der Waals surface area contributed by atoms with Crippen LogP contribution in [0.1, 0.15) is 6.42 Å². The molecule has 12 heavy (non-hydrogen) atoms. The molecule has 0 amide bonds. The van der Waals surface area contributed by atoms with Crippen molar-refractivity contribution in [3.8, 4) is 0 Å². The monoisotopic (exact) mass is 177 g/mol. The maximum atomic E-state index is 11.7. The van der Waals surface area contributed by atoms with Crippen molar-refractivity contribution in [1.82, 2.24) is 10.2 Å². The SMILES string of the molecule is CN1CCN=C1NCCC(F)F. The molecular formula is C7H13F2N3. The van der Waals surface area contributed by atoms with Gasteiger partial charge < -0.3 is 10.2 Å². The molecule has 1 heterocycles. The Balaban J connectivity index is 2.14. The highest BCUT2D eigenvalue weighted by molar-refractivity contribution is 5.81. The minimum atomic E-state index is -2.23. The molecule has 0 bridgehead atoms. The van der Waals surface area contributed by atoms with Crippen LogP contribution in [-0.2, 0) is 0 Å². The first kappa shape index (κ1) is 9.22.